The zero-order chi connectivity index (χ0) is 36.3. The van der Waals surface area contributed by atoms with Gasteiger partial charge in [-0.1, -0.05) is 109 Å². The lowest BCUT2D eigenvalue weighted by Crippen LogP contribution is -2.05. The van der Waals surface area contributed by atoms with Gasteiger partial charge in [0.25, 0.3) is 0 Å². The van der Waals surface area contributed by atoms with Gasteiger partial charge in [0.2, 0.25) is 0 Å². The molecule has 10 rings (SSSR count). The van der Waals surface area contributed by atoms with Crippen molar-refractivity contribution in [2.45, 2.75) is 13.8 Å². The normalized spacial score (nSPS) is 11.5. The highest BCUT2D eigenvalue weighted by molar-refractivity contribution is 6.13. The maximum Gasteiger partial charge on any atom is 0.0998 e. The van der Waals surface area contributed by atoms with Crippen LogP contribution in [0.5, 0.6) is 0 Å². The zero-order valence-electron chi connectivity index (χ0n) is 30.0. The highest BCUT2D eigenvalue weighted by Crippen LogP contribution is 2.42. The summed E-state index contributed by atoms with van der Waals surface area (Å²) in [6.07, 6.45) is 3.58. The number of aryl methyl sites for hydroxylation is 2. The van der Waals surface area contributed by atoms with E-state index in [1.807, 2.05) is 12.1 Å². The second kappa shape index (κ2) is 12.5. The Bertz CT molecular complexity index is 3140. The van der Waals surface area contributed by atoms with E-state index in [0.717, 1.165) is 66.5 Å². The summed E-state index contributed by atoms with van der Waals surface area (Å²) in [5, 5.41) is 15.5. The third-order valence-corrected chi connectivity index (χ3v) is 11.0. The SMILES string of the molecule is Cc1ccccc1-c1ccc2c3ccccc3n(-c3cc(C#N)c(-c4ccncc4)cc3-n3c4ccccc4c4ccc(-c5ccccc5C)cc43)c2c1. The molecule has 0 aliphatic heterocycles. The van der Waals surface area contributed by atoms with Crippen LogP contribution in [0, 0.1) is 25.2 Å². The van der Waals surface area contributed by atoms with Crippen LogP contribution < -0.4 is 0 Å². The molecule has 0 bridgehead atoms. The first-order valence-electron chi connectivity index (χ1n) is 18.3. The second-order valence-corrected chi connectivity index (χ2v) is 14.0. The van der Waals surface area contributed by atoms with Crippen LogP contribution in [0.15, 0.2) is 170 Å². The lowest BCUT2D eigenvalue weighted by atomic mass is 9.98. The highest BCUT2D eigenvalue weighted by Gasteiger charge is 2.23. The fraction of sp³-hybridized carbons (Fsp3) is 0.0400. The smallest absolute Gasteiger partial charge is 0.0998 e. The summed E-state index contributed by atoms with van der Waals surface area (Å²) in [6.45, 7) is 4.33. The number of nitrogens with zero attached hydrogens (tertiary/aromatic N) is 4. The molecule has 7 aromatic carbocycles. The Balaban J connectivity index is 1.37. The molecule has 3 aromatic heterocycles. The molecule has 4 nitrogen and oxygen atoms in total. The monoisotopic (exact) mass is 690 g/mol. The fourth-order valence-electron chi connectivity index (χ4n) is 8.39. The van der Waals surface area contributed by atoms with Gasteiger partial charge in [-0.05, 0) is 101 Å². The van der Waals surface area contributed by atoms with E-state index in [1.54, 1.807) is 12.4 Å². The predicted octanol–water partition coefficient (Wildman–Crippen LogP) is 12.8. The summed E-state index contributed by atoms with van der Waals surface area (Å²) >= 11 is 0. The molecule has 0 aliphatic rings. The molecule has 0 fully saturated rings. The molecule has 0 spiro atoms. The summed E-state index contributed by atoms with van der Waals surface area (Å²) in [5.41, 5.74) is 15.9. The maximum atomic E-state index is 10.8. The van der Waals surface area contributed by atoms with E-state index < -0.39 is 0 Å². The Hall–Kier alpha value is -7.22. The molecule has 3 heterocycles. The average Bonchev–Trinajstić information content (AvgIpc) is 3.73. The van der Waals surface area contributed by atoms with E-state index in [2.05, 4.69) is 180 Å². The second-order valence-electron chi connectivity index (χ2n) is 14.0. The molecule has 0 radical (unpaired) electrons. The first-order chi connectivity index (χ1) is 26.6. The van der Waals surface area contributed by atoms with E-state index in [4.69, 9.17) is 0 Å². The number of fused-ring (bicyclic) bond motifs is 6. The highest BCUT2D eigenvalue weighted by atomic mass is 15.1. The number of nitriles is 1. The summed E-state index contributed by atoms with van der Waals surface area (Å²) < 4.78 is 4.77. The van der Waals surface area contributed by atoms with Crippen molar-refractivity contribution < 1.29 is 0 Å². The van der Waals surface area contributed by atoms with Crippen molar-refractivity contribution in [3.63, 3.8) is 0 Å². The molecule has 0 atom stereocenters. The van der Waals surface area contributed by atoms with Crippen molar-refractivity contribution in [2.24, 2.45) is 0 Å². The zero-order valence-corrected chi connectivity index (χ0v) is 30.0. The van der Waals surface area contributed by atoms with Gasteiger partial charge >= 0.3 is 0 Å². The largest absolute Gasteiger partial charge is 0.307 e. The molecule has 0 saturated carbocycles. The lowest BCUT2D eigenvalue weighted by molar-refractivity contribution is 1.09. The molecule has 254 valence electrons. The molecule has 4 heteroatoms. The van der Waals surface area contributed by atoms with Crippen molar-refractivity contribution in [3.05, 3.63) is 187 Å². The van der Waals surface area contributed by atoms with Gasteiger partial charge in [0.05, 0.1) is 45.1 Å². The first-order valence-corrected chi connectivity index (χ1v) is 18.3. The van der Waals surface area contributed by atoms with Gasteiger partial charge in [0, 0.05) is 39.5 Å². The van der Waals surface area contributed by atoms with Crippen LogP contribution >= 0.6 is 0 Å². The summed E-state index contributed by atoms with van der Waals surface area (Å²) in [5.74, 6) is 0. The minimum Gasteiger partial charge on any atom is -0.307 e. The third-order valence-electron chi connectivity index (χ3n) is 11.0. The van der Waals surface area contributed by atoms with Crippen LogP contribution in [-0.4, -0.2) is 14.1 Å². The van der Waals surface area contributed by atoms with E-state index in [1.165, 1.54) is 33.0 Å². The van der Waals surface area contributed by atoms with E-state index >= 15 is 0 Å². The topological polar surface area (TPSA) is 46.5 Å². The van der Waals surface area contributed by atoms with Crippen LogP contribution in [0.3, 0.4) is 0 Å². The minimum atomic E-state index is 0.599. The van der Waals surface area contributed by atoms with Crippen LogP contribution in [0.1, 0.15) is 16.7 Å². The Kier molecular flexibility index (Phi) is 7.28. The van der Waals surface area contributed by atoms with Gasteiger partial charge in [-0.15, -0.1) is 0 Å². The van der Waals surface area contributed by atoms with Crippen molar-refractivity contribution in [1.29, 1.82) is 5.26 Å². The van der Waals surface area contributed by atoms with Gasteiger partial charge in [0.15, 0.2) is 0 Å². The Morgan fingerprint density at radius 1 is 0.426 bits per heavy atom. The molecule has 0 unspecified atom stereocenters. The summed E-state index contributed by atoms with van der Waals surface area (Å²) in [4.78, 5) is 4.30. The molecular formula is C50H34N4. The van der Waals surface area contributed by atoms with Crippen molar-refractivity contribution in [3.8, 4) is 50.8 Å². The number of hydrogen-bond acceptors (Lipinski definition) is 2. The van der Waals surface area contributed by atoms with Gasteiger partial charge in [-0.25, -0.2) is 0 Å². The lowest BCUT2D eigenvalue weighted by Gasteiger charge is -2.20. The van der Waals surface area contributed by atoms with Crippen molar-refractivity contribution in [2.75, 3.05) is 0 Å². The predicted molar refractivity (Wildman–Crippen MR) is 223 cm³/mol. The molecule has 54 heavy (non-hydrogen) atoms. The molecule has 0 N–H and O–H groups in total. The van der Waals surface area contributed by atoms with E-state index in [9.17, 15) is 5.26 Å². The van der Waals surface area contributed by atoms with Gasteiger partial charge in [-0.2, -0.15) is 5.26 Å². The van der Waals surface area contributed by atoms with Crippen LogP contribution in [0.25, 0.3) is 88.4 Å². The maximum absolute atomic E-state index is 10.8. The number of para-hydroxylation sites is 2. The minimum absolute atomic E-state index is 0.599. The summed E-state index contributed by atoms with van der Waals surface area (Å²) in [7, 11) is 0. The molecule has 10 aromatic rings. The number of hydrogen-bond donors (Lipinski definition) is 0. The first kappa shape index (κ1) is 31.5. The average molecular weight is 691 g/mol. The fourth-order valence-corrected chi connectivity index (χ4v) is 8.39. The van der Waals surface area contributed by atoms with Gasteiger partial charge < -0.3 is 9.13 Å². The van der Waals surface area contributed by atoms with Crippen molar-refractivity contribution in [1.82, 2.24) is 14.1 Å². The van der Waals surface area contributed by atoms with Gasteiger partial charge in [-0.3, -0.25) is 4.98 Å². The van der Waals surface area contributed by atoms with Crippen LogP contribution in [0.4, 0.5) is 0 Å². The van der Waals surface area contributed by atoms with Crippen molar-refractivity contribution >= 4 is 43.6 Å². The number of benzene rings is 7. The molecule has 0 amide bonds. The number of pyridine rings is 1. The quantitative estimate of drug-likeness (QED) is 0.180. The molecular weight excluding hydrogens is 657 g/mol. The molecule has 0 saturated heterocycles. The Labute approximate surface area is 313 Å². The van der Waals surface area contributed by atoms with Crippen LogP contribution in [0.2, 0.25) is 0 Å². The summed E-state index contributed by atoms with van der Waals surface area (Å²) in [6, 6.07) is 58.8. The Morgan fingerprint density at radius 2 is 0.889 bits per heavy atom. The molecule has 0 aliphatic carbocycles. The number of aromatic nitrogens is 3. The van der Waals surface area contributed by atoms with E-state index in [0.29, 0.717) is 5.56 Å². The van der Waals surface area contributed by atoms with E-state index in [-0.39, 0.29) is 0 Å². The standard InChI is InChI=1S/C50H34N4/c1-32-11-3-5-13-38(32)35-19-21-42-40-15-7-9-17-45(40)53(47(42)27-35)49-29-37(31-51)44(34-23-25-52-26-24-34)30-50(49)54-46-18-10-8-16-41(46)43-22-20-36(28-48(43)54)39-14-6-4-12-33(39)2/h3-30H,1-2H3. The third kappa shape index (κ3) is 4.87. The van der Waals surface area contributed by atoms with Gasteiger partial charge in [0.1, 0.15) is 0 Å². The number of rotatable bonds is 5. The Morgan fingerprint density at radius 3 is 1.41 bits per heavy atom. The van der Waals surface area contributed by atoms with Crippen LogP contribution in [-0.2, 0) is 0 Å².